The van der Waals surface area contributed by atoms with Crippen molar-refractivity contribution in [3.05, 3.63) is 229 Å². The lowest BCUT2D eigenvalue weighted by atomic mass is 9.96. The number of nitrogens with zero attached hydrogens (tertiary/aromatic N) is 6. The van der Waals surface area contributed by atoms with E-state index in [9.17, 15) is 23.7 Å². The summed E-state index contributed by atoms with van der Waals surface area (Å²) in [6.07, 6.45) is -1.03. The number of fused-ring (bicyclic) bond motifs is 6. The predicted octanol–water partition coefficient (Wildman–Crippen LogP) is 15.8. The Hall–Kier alpha value is -9.57. The molecule has 0 N–H and O–H groups in total. The summed E-state index contributed by atoms with van der Waals surface area (Å²) in [5.41, 5.74) is 11.0. The zero-order chi connectivity index (χ0) is 47.5. The number of para-hydroxylation sites is 2. The molecule has 8 aromatic carbocycles. The fourth-order valence-electron chi connectivity index (χ4n) is 9.78. The molecule has 6 nitrogen and oxygen atoms in total. The third-order valence-corrected chi connectivity index (χ3v) is 13.1. The van der Waals surface area contributed by atoms with Gasteiger partial charge in [-0.25, -0.2) is 0 Å². The van der Waals surface area contributed by atoms with Crippen molar-refractivity contribution in [3.63, 3.8) is 0 Å². The smallest absolute Gasteiger partial charge is 0.308 e. The average molecular weight is 909 g/mol. The molecule has 0 aliphatic rings. The quantitative estimate of drug-likeness (QED) is 0.159. The second-order valence-electron chi connectivity index (χ2n) is 17.2. The molecule has 0 amide bonds. The van der Waals surface area contributed by atoms with Crippen molar-refractivity contribution in [2.45, 2.75) is 6.18 Å². The number of benzene rings is 8. The maximum absolute atomic E-state index is 14.6. The van der Waals surface area contributed by atoms with Crippen molar-refractivity contribution in [3.8, 4) is 79.4 Å². The molecule has 9 heteroatoms. The number of pyridine rings is 2. The highest BCUT2D eigenvalue weighted by Gasteiger charge is 2.32. The van der Waals surface area contributed by atoms with Gasteiger partial charge in [0.25, 0.3) is 0 Å². The average Bonchev–Trinajstić information content (AvgIpc) is 3.92. The standard InChI is InChI=1S/C61H35F3N6/c62-61(63,64)47-28-38(34-65)27-45(29-47)46-32-59(69-55-17-9-7-15-48(55)50-23-19-41(30-57(50)69)43-21-25-53(67-36-43)39-11-3-1-4-12-39)52(35-66)60(33-46)70-56-18-10-8-16-49(56)51-24-20-42(31-58(51)70)44-22-26-54(68-37-44)40-13-5-2-6-14-40/h1-33,36-37H. The zero-order valence-electron chi connectivity index (χ0n) is 37.0. The van der Waals surface area contributed by atoms with Crippen molar-refractivity contribution >= 4 is 43.6 Å². The third-order valence-electron chi connectivity index (χ3n) is 13.1. The molecule has 0 aliphatic carbocycles. The number of hydrogen-bond acceptors (Lipinski definition) is 4. The molecule has 330 valence electrons. The van der Waals surface area contributed by atoms with Crippen LogP contribution in [0.1, 0.15) is 16.7 Å². The summed E-state index contributed by atoms with van der Waals surface area (Å²) in [4.78, 5) is 9.62. The highest BCUT2D eigenvalue weighted by Crippen LogP contribution is 2.43. The lowest BCUT2D eigenvalue weighted by Gasteiger charge is -2.19. The molecule has 4 aromatic heterocycles. The molecule has 0 saturated carbocycles. The van der Waals surface area contributed by atoms with Gasteiger partial charge >= 0.3 is 6.18 Å². The van der Waals surface area contributed by atoms with E-state index in [-0.39, 0.29) is 11.1 Å². The lowest BCUT2D eigenvalue weighted by molar-refractivity contribution is -0.137. The summed E-state index contributed by atoms with van der Waals surface area (Å²) in [5.74, 6) is 0. The van der Waals surface area contributed by atoms with Gasteiger partial charge in [-0.15, -0.1) is 0 Å². The Bertz CT molecular complexity index is 3880. The van der Waals surface area contributed by atoms with Gasteiger partial charge in [-0.1, -0.05) is 133 Å². The van der Waals surface area contributed by atoms with Crippen molar-refractivity contribution in [2.75, 3.05) is 0 Å². The normalized spacial score (nSPS) is 11.6. The van der Waals surface area contributed by atoms with E-state index in [0.717, 1.165) is 101 Å². The van der Waals surface area contributed by atoms with Gasteiger partial charge in [0, 0.05) is 56.2 Å². The minimum absolute atomic E-state index is 0.140. The molecule has 0 saturated heterocycles. The number of alkyl halides is 3. The fraction of sp³-hybridized carbons (Fsp3) is 0.0164. The van der Waals surface area contributed by atoms with E-state index in [2.05, 4.69) is 42.5 Å². The summed E-state index contributed by atoms with van der Waals surface area (Å²) >= 11 is 0. The fourth-order valence-corrected chi connectivity index (χ4v) is 9.78. The SMILES string of the molecule is N#Cc1cc(-c2cc(-n3c4ccccc4c4ccc(-c5ccc(-c6ccccc6)nc5)cc43)c(C#N)c(-n3c4ccccc4c4ccc(-c5ccc(-c6ccccc6)nc5)cc43)c2)cc(C(F)(F)F)c1. The maximum Gasteiger partial charge on any atom is 0.416 e. The van der Waals surface area contributed by atoms with E-state index in [0.29, 0.717) is 22.5 Å². The van der Waals surface area contributed by atoms with Crippen LogP contribution in [0.15, 0.2) is 213 Å². The third kappa shape index (κ3) is 7.13. The first-order chi connectivity index (χ1) is 34.2. The van der Waals surface area contributed by atoms with Gasteiger partial charge < -0.3 is 9.13 Å². The topological polar surface area (TPSA) is 83.2 Å². The molecule has 0 unspecified atom stereocenters. The van der Waals surface area contributed by atoms with Crippen molar-refractivity contribution < 1.29 is 13.2 Å². The van der Waals surface area contributed by atoms with Gasteiger partial charge in [0.15, 0.2) is 0 Å². The summed E-state index contributed by atoms with van der Waals surface area (Å²) < 4.78 is 47.9. The predicted molar refractivity (Wildman–Crippen MR) is 272 cm³/mol. The minimum Gasteiger partial charge on any atom is -0.308 e. The van der Waals surface area contributed by atoms with E-state index in [1.165, 1.54) is 6.07 Å². The Morgan fingerprint density at radius 3 is 1.26 bits per heavy atom. The first-order valence-corrected chi connectivity index (χ1v) is 22.6. The highest BCUT2D eigenvalue weighted by molar-refractivity contribution is 6.12. The van der Waals surface area contributed by atoms with Crippen LogP contribution in [-0.4, -0.2) is 19.1 Å². The number of rotatable bonds is 7. The molecule has 0 atom stereocenters. The number of nitriles is 2. The minimum atomic E-state index is -4.73. The van der Waals surface area contributed by atoms with Gasteiger partial charge in [0.2, 0.25) is 0 Å². The van der Waals surface area contributed by atoms with E-state index < -0.39 is 11.7 Å². The second-order valence-corrected chi connectivity index (χ2v) is 17.2. The summed E-state index contributed by atoms with van der Waals surface area (Å²) in [7, 11) is 0. The number of hydrogen-bond donors (Lipinski definition) is 0. The van der Waals surface area contributed by atoms with Gasteiger partial charge in [-0.3, -0.25) is 9.97 Å². The molecule has 70 heavy (non-hydrogen) atoms. The zero-order valence-corrected chi connectivity index (χ0v) is 37.0. The first-order valence-electron chi connectivity index (χ1n) is 22.6. The van der Waals surface area contributed by atoms with Gasteiger partial charge in [-0.05, 0) is 89.0 Å². The van der Waals surface area contributed by atoms with Crippen molar-refractivity contribution in [1.29, 1.82) is 10.5 Å². The Labute approximate surface area is 399 Å². The molecular formula is C61H35F3N6. The second kappa shape index (κ2) is 16.6. The van der Waals surface area contributed by atoms with E-state index in [1.54, 1.807) is 12.1 Å². The van der Waals surface area contributed by atoms with Gasteiger partial charge in [0.05, 0.1) is 62.0 Å². The molecular weight excluding hydrogens is 874 g/mol. The van der Waals surface area contributed by atoms with Crippen LogP contribution >= 0.6 is 0 Å². The molecule has 4 heterocycles. The number of halogens is 3. The highest BCUT2D eigenvalue weighted by atomic mass is 19.4. The summed E-state index contributed by atoms with van der Waals surface area (Å²) in [5, 5.41) is 25.4. The number of aromatic nitrogens is 4. The molecule has 0 bridgehead atoms. The van der Waals surface area contributed by atoms with Crippen LogP contribution in [-0.2, 0) is 6.18 Å². The van der Waals surface area contributed by atoms with Crippen molar-refractivity contribution in [1.82, 2.24) is 19.1 Å². The molecule has 0 radical (unpaired) electrons. The van der Waals surface area contributed by atoms with Crippen LogP contribution < -0.4 is 0 Å². The molecule has 12 rings (SSSR count). The van der Waals surface area contributed by atoms with Crippen LogP contribution in [0.4, 0.5) is 13.2 Å². The van der Waals surface area contributed by atoms with E-state index in [4.69, 9.17) is 9.97 Å². The molecule has 0 fully saturated rings. The molecule has 0 spiro atoms. The van der Waals surface area contributed by atoms with E-state index >= 15 is 0 Å². The Morgan fingerprint density at radius 2 is 0.814 bits per heavy atom. The summed E-state index contributed by atoms with van der Waals surface area (Å²) in [6.45, 7) is 0. The Morgan fingerprint density at radius 1 is 0.371 bits per heavy atom. The largest absolute Gasteiger partial charge is 0.416 e. The van der Waals surface area contributed by atoms with Crippen LogP contribution in [0.25, 0.3) is 111 Å². The molecule has 12 aromatic rings. The Balaban J connectivity index is 1.13. The van der Waals surface area contributed by atoms with Crippen LogP contribution in [0.2, 0.25) is 0 Å². The van der Waals surface area contributed by atoms with Gasteiger partial charge in [-0.2, -0.15) is 23.7 Å². The molecule has 0 aliphatic heterocycles. The van der Waals surface area contributed by atoms with Crippen LogP contribution in [0, 0.1) is 22.7 Å². The monoisotopic (exact) mass is 908 g/mol. The van der Waals surface area contributed by atoms with Gasteiger partial charge in [0.1, 0.15) is 11.6 Å². The van der Waals surface area contributed by atoms with Crippen LogP contribution in [0.5, 0.6) is 0 Å². The van der Waals surface area contributed by atoms with E-state index in [1.807, 2.05) is 161 Å². The summed E-state index contributed by atoms with van der Waals surface area (Å²) in [6, 6.07) is 67.6. The first kappa shape index (κ1) is 41.8. The maximum atomic E-state index is 14.6. The van der Waals surface area contributed by atoms with Crippen molar-refractivity contribution in [2.24, 2.45) is 0 Å². The Kier molecular flexibility index (Phi) is 9.94. The van der Waals surface area contributed by atoms with Crippen LogP contribution in [0.3, 0.4) is 0 Å². The lowest BCUT2D eigenvalue weighted by Crippen LogP contribution is -2.07.